The molecule has 0 amide bonds. The molecule has 0 spiro atoms. The van der Waals surface area contributed by atoms with Gasteiger partial charge in [-0.2, -0.15) is 0 Å². The second-order valence-electron chi connectivity index (χ2n) is 3.21. The number of nitrogens with zero attached hydrogens (tertiary/aromatic N) is 1. The molecule has 7 heteroatoms. The largest absolute Gasteiger partial charge is 0.389 e. The van der Waals surface area contributed by atoms with Crippen LogP contribution in [0.4, 0.5) is 5.69 Å². The first kappa shape index (κ1) is 12.9. The zero-order valence-corrected chi connectivity index (χ0v) is 8.96. The van der Waals surface area contributed by atoms with E-state index < -0.39 is 17.1 Å². The third kappa shape index (κ3) is 2.67. The van der Waals surface area contributed by atoms with E-state index in [0.29, 0.717) is 0 Å². The number of benzene rings is 1. The fraction of sp³-hybridized carbons (Fsp3) is 0.333. The number of halogens is 1. The molecule has 0 saturated heterocycles. The van der Waals surface area contributed by atoms with Gasteiger partial charge in [0.05, 0.1) is 16.6 Å². The second-order valence-corrected chi connectivity index (χ2v) is 3.64. The van der Waals surface area contributed by atoms with Gasteiger partial charge in [-0.3, -0.25) is 10.1 Å². The first-order chi connectivity index (χ1) is 7.47. The molecule has 2 atom stereocenters. The van der Waals surface area contributed by atoms with Crippen molar-refractivity contribution >= 4 is 17.3 Å². The van der Waals surface area contributed by atoms with Crippen LogP contribution in [0.15, 0.2) is 18.2 Å². The van der Waals surface area contributed by atoms with Crippen LogP contribution in [0.5, 0.6) is 0 Å². The van der Waals surface area contributed by atoms with Crippen LogP contribution < -0.4 is 5.73 Å². The summed E-state index contributed by atoms with van der Waals surface area (Å²) in [5.41, 5.74) is 4.81. The van der Waals surface area contributed by atoms with Crippen molar-refractivity contribution in [1.82, 2.24) is 0 Å². The van der Waals surface area contributed by atoms with E-state index in [1.54, 1.807) is 0 Å². The maximum atomic E-state index is 10.7. The van der Waals surface area contributed by atoms with Gasteiger partial charge in [0.1, 0.15) is 6.10 Å². The van der Waals surface area contributed by atoms with E-state index in [0.717, 1.165) is 6.07 Å². The molecule has 1 rings (SSSR count). The SMILES string of the molecule is NCC(O)C(O)c1ccc(Cl)cc1[N+](=O)[O-]. The Morgan fingerprint density at radius 2 is 2.12 bits per heavy atom. The van der Waals surface area contributed by atoms with Crippen molar-refractivity contribution in [1.29, 1.82) is 0 Å². The molecule has 6 nitrogen and oxygen atoms in total. The van der Waals surface area contributed by atoms with Gasteiger partial charge in [-0.25, -0.2) is 0 Å². The van der Waals surface area contributed by atoms with Gasteiger partial charge >= 0.3 is 0 Å². The van der Waals surface area contributed by atoms with Crippen molar-refractivity contribution in [2.45, 2.75) is 12.2 Å². The smallest absolute Gasteiger partial charge is 0.276 e. The van der Waals surface area contributed by atoms with Crippen molar-refractivity contribution in [2.75, 3.05) is 6.54 Å². The van der Waals surface area contributed by atoms with Gasteiger partial charge in [0.15, 0.2) is 0 Å². The monoisotopic (exact) mass is 246 g/mol. The minimum absolute atomic E-state index is 0.00708. The molecule has 0 aliphatic rings. The van der Waals surface area contributed by atoms with E-state index in [9.17, 15) is 20.3 Å². The molecule has 0 aromatic heterocycles. The number of rotatable bonds is 4. The molecule has 0 aliphatic carbocycles. The van der Waals surface area contributed by atoms with Crippen molar-refractivity contribution in [2.24, 2.45) is 5.73 Å². The number of aliphatic hydroxyl groups excluding tert-OH is 2. The lowest BCUT2D eigenvalue weighted by molar-refractivity contribution is -0.386. The van der Waals surface area contributed by atoms with Gasteiger partial charge in [0, 0.05) is 17.6 Å². The van der Waals surface area contributed by atoms with Gasteiger partial charge in [0.25, 0.3) is 5.69 Å². The van der Waals surface area contributed by atoms with Gasteiger partial charge in [0.2, 0.25) is 0 Å². The van der Waals surface area contributed by atoms with Crippen molar-refractivity contribution < 1.29 is 15.1 Å². The maximum absolute atomic E-state index is 10.7. The van der Waals surface area contributed by atoms with Crippen molar-refractivity contribution in [3.8, 4) is 0 Å². The molecule has 16 heavy (non-hydrogen) atoms. The van der Waals surface area contributed by atoms with Gasteiger partial charge < -0.3 is 15.9 Å². The molecule has 1 aromatic rings. The highest BCUT2D eigenvalue weighted by atomic mass is 35.5. The van der Waals surface area contributed by atoms with Crippen LogP contribution in [0.2, 0.25) is 5.02 Å². The fourth-order valence-electron chi connectivity index (χ4n) is 1.26. The Morgan fingerprint density at radius 3 is 2.62 bits per heavy atom. The highest BCUT2D eigenvalue weighted by molar-refractivity contribution is 6.30. The lowest BCUT2D eigenvalue weighted by Crippen LogP contribution is -2.27. The van der Waals surface area contributed by atoms with Crippen LogP contribution in [-0.4, -0.2) is 27.8 Å². The van der Waals surface area contributed by atoms with E-state index >= 15 is 0 Å². The molecule has 2 unspecified atom stereocenters. The van der Waals surface area contributed by atoms with Gasteiger partial charge in [-0.05, 0) is 12.1 Å². The third-order valence-electron chi connectivity index (χ3n) is 2.11. The van der Waals surface area contributed by atoms with E-state index in [2.05, 4.69) is 0 Å². The van der Waals surface area contributed by atoms with E-state index in [1.807, 2.05) is 0 Å². The molecule has 0 radical (unpaired) electrons. The molecule has 88 valence electrons. The molecular weight excluding hydrogens is 236 g/mol. The van der Waals surface area contributed by atoms with Crippen LogP contribution in [0, 0.1) is 10.1 Å². The second kappa shape index (κ2) is 5.22. The molecule has 0 heterocycles. The predicted molar refractivity (Wildman–Crippen MR) is 58.1 cm³/mol. The molecule has 0 aliphatic heterocycles. The maximum Gasteiger partial charge on any atom is 0.276 e. The minimum atomic E-state index is -1.40. The lowest BCUT2D eigenvalue weighted by atomic mass is 10.0. The number of nitro groups is 1. The van der Waals surface area contributed by atoms with Crippen LogP contribution >= 0.6 is 11.6 Å². The number of nitro benzene ring substituents is 1. The van der Waals surface area contributed by atoms with Crippen LogP contribution in [0.3, 0.4) is 0 Å². The summed E-state index contributed by atoms with van der Waals surface area (Å²) in [6, 6.07) is 3.81. The van der Waals surface area contributed by atoms with Crippen LogP contribution in [-0.2, 0) is 0 Å². The molecule has 0 saturated carbocycles. The average molecular weight is 247 g/mol. The Labute approximate surface area is 96.4 Å². The summed E-state index contributed by atoms with van der Waals surface area (Å²) in [6.07, 6.45) is -2.65. The number of nitrogens with two attached hydrogens (primary N) is 1. The first-order valence-electron chi connectivity index (χ1n) is 4.47. The summed E-state index contributed by atoms with van der Waals surface area (Å²) in [6.45, 7) is -0.194. The molecular formula is C9H11ClN2O4. The number of hydrogen-bond acceptors (Lipinski definition) is 5. The first-order valence-corrected chi connectivity index (χ1v) is 4.85. The predicted octanol–water partition coefficient (Wildman–Crippen LogP) is 0.601. The highest BCUT2D eigenvalue weighted by Gasteiger charge is 2.25. The number of aliphatic hydroxyl groups is 2. The Kier molecular flexibility index (Phi) is 4.19. The average Bonchev–Trinajstić information content (AvgIpc) is 2.26. The topological polar surface area (TPSA) is 110 Å². The zero-order chi connectivity index (χ0) is 12.3. The summed E-state index contributed by atoms with van der Waals surface area (Å²) in [5, 5.41) is 29.9. The summed E-state index contributed by atoms with van der Waals surface area (Å²) in [4.78, 5) is 10.0. The Hall–Kier alpha value is -1.21. The summed E-state index contributed by atoms with van der Waals surface area (Å²) >= 11 is 5.61. The summed E-state index contributed by atoms with van der Waals surface area (Å²) in [5.74, 6) is 0. The Bertz CT molecular complexity index is 399. The van der Waals surface area contributed by atoms with E-state index in [-0.39, 0.29) is 22.8 Å². The molecule has 0 fully saturated rings. The minimum Gasteiger partial charge on any atom is -0.389 e. The van der Waals surface area contributed by atoms with Crippen LogP contribution in [0.1, 0.15) is 11.7 Å². The molecule has 0 bridgehead atoms. The third-order valence-corrected chi connectivity index (χ3v) is 2.35. The van der Waals surface area contributed by atoms with E-state index in [1.165, 1.54) is 12.1 Å². The van der Waals surface area contributed by atoms with Gasteiger partial charge in [-0.15, -0.1) is 0 Å². The molecule has 4 N–H and O–H groups in total. The Balaban J connectivity index is 3.17. The fourth-order valence-corrected chi connectivity index (χ4v) is 1.43. The van der Waals surface area contributed by atoms with Crippen molar-refractivity contribution in [3.05, 3.63) is 38.9 Å². The molecule has 1 aromatic carbocycles. The Morgan fingerprint density at radius 1 is 1.50 bits per heavy atom. The van der Waals surface area contributed by atoms with E-state index in [4.69, 9.17) is 17.3 Å². The normalized spacial score (nSPS) is 14.5. The van der Waals surface area contributed by atoms with Gasteiger partial charge in [-0.1, -0.05) is 11.6 Å². The quantitative estimate of drug-likeness (QED) is 0.532. The van der Waals surface area contributed by atoms with Crippen LogP contribution in [0.25, 0.3) is 0 Å². The summed E-state index contributed by atoms with van der Waals surface area (Å²) < 4.78 is 0. The van der Waals surface area contributed by atoms with Crippen molar-refractivity contribution in [3.63, 3.8) is 0 Å². The number of hydrogen-bond donors (Lipinski definition) is 3. The zero-order valence-electron chi connectivity index (χ0n) is 8.21. The highest BCUT2D eigenvalue weighted by Crippen LogP contribution is 2.29. The lowest BCUT2D eigenvalue weighted by Gasteiger charge is -2.16. The standard InChI is InChI=1S/C9H11ClN2O4/c10-5-1-2-6(7(3-5)12(15)16)9(14)8(13)4-11/h1-3,8-9,13-14H,4,11H2. The summed E-state index contributed by atoms with van der Waals surface area (Å²) in [7, 11) is 0.